The van der Waals surface area contributed by atoms with Gasteiger partial charge in [-0.3, -0.25) is 9.48 Å². The Hall–Kier alpha value is -1.73. The van der Waals surface area contributed by atoms with Gasteiger partial charge in [-0.05, 0) is 0 Å². The molecule has 0 aliphatic rings. The molecule has 0 bridgehead atoms. The SMILES string of the molecule is Nc1cn(CCC(=O)O)nc1C(F)(F)F. The molecule has 84 valence electrons. The summed E-state index contributed by atoms with van der Waals surface area (Å²) in [6.45, 7) is -0.143. The van der Waals surface area contributed by atoms with E-state index in [4.69, 9.17) is 10.8 Å². The second kappa shape index (κ2) is 3.79. The third-order valence-electron chi connectivity index (χ3n) is 1.61. The van der Waals surface area contributed by atoms with E-state index >= 15 is 0 Å². The number of carbonyl (C=O) groups is 1. The molecule has 0 radical (unpaired) electrons. The number of nitrogens with two attached hydrogens (primary N) is 1. The van der Waals surface area contributed by atoms with Crippen LogP contribution in [0.4, 0.5) is 18.9 Å². The number of halogens is 3. The number of carboxylic acids is 1. The molecule has 0 saturated heterocycles. The Balaban J connectivity index is 2.82. The van der Waals surface area contributed by atoms with E-state index in [9.17, 15) is 18.0 Å². The Bertz CT molecular complexity index is 372. The Morgan fingerprint density at radius 1 is 1.60 bits per heavy atom. The summed E-state index contributed by atoms with van der Waals surface area (Å²) in [6, 6.07) is 0. The van der Waals surface area contributed by atoms with Gasteiger partial charge in [0.25, 0.3) is 0 Å². The number of nitrogen functional groups attached to an aromatic ring is 1. The topological polar surface area (TPSA) is 81.1 Å². The first-order valence-electron chi connectivity index (χ1n) is 3.92. The van der Waals surface area contributed by atoms with Crippen molar-refractivity contribution in [3.63, 3.8) is 0 Å². The lowest BCUT2D eigenvalue weighted by atomic mass is 10.4. The van der Waals surface area contributed by atoms with Crippen LogP contribution in [-0.2, 0) is 17.5 Å². The number of aryl methyl sites for hydroxylation is 1. The summed E-state index contributed by atoms with van der Waals surface area (Å²) < 4.78 is 37.4. The van der Waals surface area contributed by atoms with Crippen LogP contribution in [-0.4, -0.2) is 20.9 Å². The fraction of sp³-hybridized carbons (Fsp3) is 0.429. The van der Waals surface area contributed by atoms with Gasteiger partial charge < -0.3 is 10.8 Å². The number of hydrogen-bond acceptors (Lipinski definition) is 3. The molecule has 0 aliphatic heterocycles. The molecule has 1 heterocycles. The van der Waals surface area contributed by atoms with E-state index < -0.39 is 23.5 Å². The van der Waals surface area contributed by atoms with Crippen molar-refractivity contribution in [3.05, 3.63) is 11.9 Å². The molecule has 8 heteroatoms. The Morgan fingerprint density at radius 3 is 2.60 bits per heavy atom. The number of carboxylic acid groups (broad SMARTS) is 1. The van der Waals surface area contributed by atoms with Crippen molar-refractivity contribution in [2.75, 3.05) is 5.73 Å². The summed E-state index contributed by atoms with van der Waals surface area (Å²) in [5.41, 5.74) is 3.39. The number of rotatable bonds is 3. The minimum Gasteiger partial charge on any atom is -0.481 e. The largest absolute Gasteiger partial charge is 0.481 e. The smallest absolute Gasteiger partial charge is 0.437 e. The minimum atomic E-state index is -4.61. The number of aliphatic carboxylic acids is 1. The zero-order valence-corrected chi connectivity index (χ0v) is 7.45. The first-order valence-corrected chi connectivity index (χ1v) is 3.92. The molecule has 0 unspecified atom stereocenters. The van der Waals surface area contributed by atoms with E-state index in [1.165, 1.54) is 0 Å². The maximum atomic E-state index is 12.2. The number of aromatic nitrogens is 2. The van der Waals surface area contributed by atoms with E-state index in [2.05, 4.69) is 5.10 Å². The summed E-state index contributed by atoms with van der Waals surface area (Å²) in [7, 11) is 0. The van der Waals surface area contributed by atoms with Crippen molar-refractivity contribution < 1.29 is 23.1 Å². The average Bonchev–Trinajstić information content (AvgIpc) is 2.42. The zero-order valence-electron chi connectivity index (χ0n) is 7.45. The number of anilines is 1. The molecule has 0 aromatic carbocycles. The van der Waals surface area contributed by atoms with Crippen LogP contribution < -0.4 is 5.73 Å². The summed E-state index contributed by atoms with van der Waals surface area (Å²) in [5, 5.41) is 11.5. The van der Waals surface area contributed by atoms with E-state index in [-0.39, 0.29) is 13.0 Å². The van der Waals surface area contributed by atoms with Gasteiger partial charge in [0.05, 0.1) is 18.7 Å². The van der Waals surface area contributed by atoms with Crippen LogP contribution in [0.1, 0.15) is 12.1 Å². The van der Waals surface area contributed by atoms with Gasteiger partial charge in [0.1, 0.15) is 0 Å². The van der Waals surface area contributed by atoms with Crippen molar-refractivity contribution in [2.24, 2.45) is 0 Å². The first kappa shape index (κ1) is 11.3. The van der Waals surface area contributed by atoms with E-state index in [0.29, 0.717) is 0 Å². The monoisotopic (exact) mass is 223 g/mol. The van der Waals surface area contributed by atoms with Crippen molar-refractivity contribution in [1.29, 1.82) is 0 Å². The molecular weight excluding hydrogens is 215 g/mol. The third kappa shape index (κ3) is 2.86. The molecule has 0 atom stereocenters. The van der Waals surface area contributed by atoms with Crippen LogP contribution in [0, 0.1) is 0 Å². The number of nitrogens with zero attached hydrogens (tertiary/aromatic N) is 2. The third-order valence-corrected chi connectivity index (χ3v) is 1.61. The predicted molar refractivity (Wildman–Crippen MR) is 43.9 cm³/mol. The van der Waals surface area contributed by atoms with Crippen LogP contribution >= 0.6 is 0 Å². The van der Waals surface area contributed by atoms with Gasteiger partial charge in [0, 0.05) is 6.20 Å². The van der Waals surface area contributed by atoms with Crippen LogP contribution in [0.2, 0.25) is 0 Å². The molecular formula is C7H8F3N3O2. The van der Waals surface area contributed by atoms with Gasteiger partial charge >= 0.3 is 12.1 Å². The van der Waals surface area contributed by atoms with Crippen LogP contribution in [0.15, 0.2) is 6.20 Å². The minimum absolute atomic E-state index is 0.143. The summed E-state index contributed by atoms with van der Waals surface area (Å²) in [6.07, 6.45) is -3.96. The van der Waals surface area contributed by atoms with Gasteiger partial charge in [-0.25, -0.2) is 0 Å². The van der Waals surface area contributed by atoms with Gasteiger partial charge in [-0.1, -0.05) is 0 Å². The van der Waals surface area contributed by atoms with E-state index in [1.807, 2.05) is 0 Å². The highest BCUT2D eigenvalue weighted by Gasteiger charge is 2.36. The highest BCUT2D eigenvalue weighted by molar-refractivity contribution is 5.66. The Kier molecular flexibility index (Phi) is 2.87. The van der Waals surface area contributed by atoms with Crippen LogP contribution in [0.5, 0.6) is 0 Å². The first-order chi connectivity index (χ1) is 6.80. The molecule has 0 saturated carbocycles. The lowest BCUT2D eigenvalue weighted by molar-refractivity contribution is -0.140. The van der Waals surface area contributed by atoms with Gasteiger partial charge in [0.15, 0.2) is 5.69 Å². The van der Waals surface area contributed by atoms with E-state index in [0.717, 1.165) is 10.9 Å². The maximum absolute atomic E-state index is 12.2. The molecule has 5 nitrogen and oxygen atoms in total. The fourth-order valence-electron chi connectivity index (χ4n) is 0.982. The number of hydrogen-bond donors (Lipinski definition) is 2. The lowest BCUT2D eigenvalue weighted by Crippen LogP contribution is -2.10. The van der Waals surface area contributed by atoms with E-state index in [1.54, 1.807) is 0 Å². The highest BCUT2D eigenvalue weighted by atomic mass is 19.4. The molecule has 0 aliphatic carbocycles. The van der Waals surface area contributed by atoms with Gasteiger partial charge in [0.2, 0.25) is 0 Å². The number of alkyl halides is 3. The summed E-state index contributed by atoms with van der Waals surface area (Å²) in [5.74, 6) is -1.11. The molecule has 1 aromatic rings. The standard InChI is InChI=1S/C7H8F3N3O2/c8-7(9,10)6-4(11)3-13(12-6)2-1-5(14)15/h3H,1-2,11H2,(H,14,15). The molecule has 1 aromatic heterocycles. The summed E-state index contributed by atoms with van der Waals surface area (Å²) in [4.78, 5) is 10.2. The summed E-state index contributed by atoms with van der Waals surface area (Å²) >= 11 is 0. The molecule has 1 rings (SSSR count). The predicted octanol–water partition coefficient (Wildman–Crippen LogP) is 0.959. The van der Waals surface area contributed by atoms with Crippen molar-refractivity contribution in [2.45, 2.75) is 19.1 Å². The van der Waals surface area contributed by atoms with Crippen molar-refractivity contribution >= 4 is 11.7 Å². The van der Waals surface area contributed by atoms with Crippen LogP contribution in [0.3, 0.4) is 0 Å². The maximum Gasteiger partial charge on any atom is 0.437 e. The molecule has 3 N–H and O–H groups in total. The lowest BCUT2D eigenvalue weighted by Gasteiger charge is -2.02. The normalized spacial score (nSPS) is 11.7. The molecule has 0 amide bonds. The second-order valence-electron chi connectivity index (χ2n) is 2.84. The molecule has 15 heavy (non-hydrogen) atoms. The molecule has 0 fully saturated rings. The Morgan fingerprint density at radius 2 is 2.20 bits per heavy atom. The quantitative estimate of drug-likeness (QED) is 0.799. The van der Waals surface area contributed by atoms with Gasteiger partial charge in [-0.15, -0.1) is 0 Å². The van der Waals surface area contributed by atoms with Gasteiger partial charge in [-0.2, -0.15) is 18.3 Å². The second-order valence-corrected chi connectivity index (χ2v) is 2.84. The Labute approximate surface area is 82.3 Å². The van der Waals surface area contributed by atoms with Crippen molar-refractivity contribution in [1.82, 2.24) is 9.78 Å². The van der Waals surface area contributed by atoms with Crippen molar-refractivity contribution in [3.8, 4) is 0 Å². The van der Waals surface area contributed by atoms with Crippen LogP contribution in [0.25, 0.3) is 0 Å². The highest BCUT2D eigenvalue weighted by Crippen LogP contribution is 2.31. The molecule has 0 spiro atoms. The zero-order chi connectivity index (χ0) is 11.6. The fourth-order valence-corrected chi connectivity index (χ4v) is 0.982. The average molecular weight is 223 g/mol.